The van der Waals surface area contributed by atoms with Gasteiger partial charge < -0.3 is 10.6 Å². The van der Waals surface area contributed by atoms with Gasteiger partial charge in [0.1, 0.15) is 0 Å². The van der Waals surface area contributed by atoms with Crippen LogP contribution in [0.25, 0.3) is 0 Å². The van der Waals surface area contributed by atoms with Gasteiger partial charge in [-0.3, -0.25) is 14.4 Å². The van der Waals surface area contributed by atoms with Crippen molar-refractivity contribution in [3.63, 3.8) is 0 Å². The molecule has 5 heteroatoms. The molecule has 2 N–H and O–H groups in total. The van der Waals surface area contributed by atoms with E-state index in [0.29, 0.717) is 29.8 Å². The van der Waals surface area contributed by atoms with E-state index in [1.54, 1.807) is 12.1 Å². The maximum absolute atomic E-state index is 11.5. The molecule has 0 aliphatic carbocycles. The minimum absolute atomic E-state index is 0.0284. The highest BCUT2D eigenvalue weighted by Gasteiger charge is 2.31. The van der Waals surface area contributed by atoms with E-state index in [4.69, 9.17) is 0 Å². The van der Waals surface area contributed by atoms with Gasteiger partial charge >= 0.3 is 0 Å². The smallest absolute Gasteiger partial charge is 0.296 e. The second kappa shape index (κ2) is 3.41. The summed E-state index contributed by atoms with van der Waals surface area (Å²) in [5, 5.41) is 5.36. The van der Waals surface area contributed by atoms with Crippen molar-refractivity contribution in [3.8, 4) is 0 Å². The molecule has 5 nitrogen and oxygen atoms in total. The molecule has 0 spiro atoms. The van der Waals surface area contributed by atoms with Gasteiger partial charge in [0.15, 0.2) is 0 Å². The Morgan fingerprint density at radius 3 is 2.65 bits per heavy atom. The summed E-state index contributed by atoms with van der Waals surface area (Å²) in [5.74, 6) is -1.12. The Hall–Kier alpha value is -2.17. The highest BCUT2D eigenvalue weighted by atomic mass is 16.2. The lowest BCUT2D eigenvalue weighted by Gasteiger charge is -2.10. The van der Waals surface area contributed by atoms with Gasteiger partial charge in [-0.25, -0.2) is 0 Å². The number of Topliss-reactive ketones (excluding diaryl/α,β-unsaturated/α-hetero) is 1. The lowest BCUT2D eigenvalue weighted by atomic mass is 10.0. The third-order valence-corrected chi connectivity index (χ3v) is 3.11. The fraction of sp³-hybridized carbons (Fsp3) is 0.250. The van der Waals surface area contributed by atoms with Crippen LogP contribution >= 0.6 is 0 Å². The predicted molar refractivity (Wildman–Crippen MR) is 61.0 cm³/mol. The highest BCUT2D eigenvalue weighted by Crippen LogP contribution is 2.35. The zero-order chi connectivity index (χ0) is 12.0. The van der Waals surface area contributed by atoms with Gasteiger partial charge in [0.25, 0.3) is 11.7 Å². The lowest BCUT2D eigenvalue weighted by Crippen LogP contribution is -2.12. The van der Waals surface area contributed by atoms with Crippen LogP contribution in [-0.2, 0) is 16.0 Å². The van der Waals surface area contributed by atoms with E-state index in [2.05, 4.69) is 10.6 Å². The summed E-state index contributed by atoms with van der Waals surface area (Å²) < 4.78 is 0. The molecule has 0 saturated carbocycles. The number of hydrogen-bond acceptors (Lipinski definition) is 3. The number of nitrogens with one attached hydrogen (secondary N) is 2. The van der Waals surface area contributed by atoms with Gasteiger partial charge in [0.2, 0.25) is 5.91 Å². The molecule has 0 fully saturated rings. The van der Waals surface area contributed by atoms with Gasteiger partial charge in [-0.15, -0.1) is 0 Å². The van der Waals surface area contributed by atoms with Gasteiger partial charge in [-0.05, 0) is 25.0 Å². The number of ketones is 1. The first-order valence-electron chi connectivity index (χ1n) is 5.48. The normalized spacial score (nSPS) is 18.0. The molecule has 3 rings (SSSR count). The molecule has 0 saturated heterocycles. The van der Waals surface area contributed by atoms with E-state index < -0.39 is 11.7 Å². The quantitative estimate of drug-likeness (QED) is 0.655. The van der Waals surface area contributed by atoms with Crippen LogP contribution in [0.2, 0.25) is 0 Å². The summed E-state index contributed by atoms with van der Waals surface area (Å²) in [5.41, 5.74) is 2.53. The van der Waals surface area contributed by atoms with E-state index in [1.165, 1.54) is 0 Å². The number of rotatable bonds is 0. The Labute approximate surface area is 97.2 Å². The van der Waals surface area contributed by atoms with Gasteiger partial charge in [-0.2, -0.15) is 0 Å². The van der Waals surface area contributed by atoms with Gasteiger partial charge in [-0.1, -0.05) is 0 Å². The van der Waals surface area contributed by atoms with Crippen molar-refractivity contribution < 1.29 is 14.4 Å². The molecule has 0 aromatic heterocycles. The number of fused-ring (bicyclic) bond motifs is 3. The first kappa shape index (κ1) is 10.0. The van der Waals surface area contributed by atoms with E-state index in [0.717, 1.165) is 12.0 Å². The number of hydrogen-bond donors (Lipinski definition) is 2. The fourth-order valence-electron chi connectivity index (χ4n) is 2.29. The van der Waals surface area contributed by atoms with Gasteiger partial charge in [0.05, 0.1) is 11.3 Å². The topological polar surface area (TPSA) is 75.3 Å². The van der Waals surface area contributed by atoms with Crippen molar-refractivity contribution in [2.75, 3.05) is 10.6 Å². The maximum Gasteiger partial charge on any atom is 0.296 e. The van der Waals surface area contributed by atoms with E-state index >= 15 is 0 Å². The average molecular weight is 230 g/mol. The summed E-state index contributed by atoms with van der Waals surface area (Å²) in [6.45, 7) is 0. The molecule has 1 aromatic rings. The number of carbonyl (C=O) groups is 3. The van der Waals surface area contributed by atoms with E-state index in [-0.39, 0.29) is 5.91 Å². The Morgan fingerprint density at radius 1 is 1.00 bits per heavy atom. The lowest BCUT2D eigenvalue weighted by molar-refractivity contribution is -0.116. The molecule has 2 heterocycles. The highest BCUT2D eigenvalue weighted by molar-refractivity contribution is 6.52. The first-order valence-corrected chi connectivity index (χ1v) is 5.48. The van der Waals surface area contributed by atoms with Crippen LogP contribution in [0.4, 0.5) is 11.4 Å². The Balaban J connectivity index is 2.16. The van der Waals surface area contributed by atoms with Crippen LogP contribution in [-0.4, -0.2) is 17.6 Å². The second-order valence-corrected chi connectivity index (χ2v) is 4.20. The van der Waals surface area contributed by atoms with E-state index in [1.807, 2.05) is 0 Å². The molecule has 86 valence electrons. The molecule has 2 amide bonds. The third-order valence-electron chi connectivity index (χ3n) is 3.11. The molecule has 0 bridgehead atoms. The largest absolute Gasteiger partial charge is 0.326 e. The van der Waals surface area contributed by atoms with Crippen molar-refractivity contribution in [1.29, 1.82) is 0 Å². The van der Waals surface area contributed by atoms with E-state index in [9.17, 15) is 14.4 Å². The third kappa shape index (κ3) is 1.43. The SMILES string of the molecule is O=C1CCCc2c(ccc3c2NC(=O)C3=O)N1. The molecular weight excluding hydrogens is 220 g/mol. The second-order valence-electron chi connectivity index (χ2n) is 4.20. The fourth-order valence-corrected chi connectivity index (χ4v) is 2.29. The van der Waals surface area contributed by atoms with Crippen molar-refractivity contribution >= 4 is 29.0 Å². The van der Waals surface area contributed by atoms with Crippen LogP contribution < -0.4 is 10.6 Å². The van der Waals surface area contributed by atoms with Crippen LogP contribution in [0.1, 0.15) is 28.8 Å². The van der Waals surface area contributed by atoms with Crippen molar-refractivity contribution in [2.24, 2.45) is 0 Å². The van der Waals surface area contributed by atoms with Gasteiger partial charge in [0, 0.05) is 17.7 Å². The van der Waals surface area contributed by atoms with Crippen molar-refractivity contribution in [1.82, 2.24) is 0 Å². The summed E-state index contributed by atoms with van der Waals surface area (Å²) in [6.07, 6.45) is 1.87. The predicted octanol–water partition coefficient (Wildman–Crippen LogP) is 1.10. The molecule has 17 heavy (non-hydrogen) atoms. The van der Waals surface area contributed by atoms with Crippen LogP contribution in [0.3, 0.4) is 0 Å². The summed E-state index contributed by atoms with van der Waals surface area (Å²) in [6, 6.07) is 3.27. The minimum Gasteiger partial charge on any atom is -0.326 e. The standard InChI is InChI=1S/C12H10N2O3/c15-9-3-1-2-6-8(13-9)5-4-7-10(6)14-12(17)11(7)16/h4-5H,1-3H2,(H,13,15)(H,14,16,17). The monoisotopic (exact) mass is 230 g/mol. The summed E-state index contributed by atoms with van der Waals surface area (Å²) in [7, 11) is 0. The molecule has 2 aliphatic rings. The Kier molecular flexibility index (Phi) is 2.01. The molecule has 0 atom stereocenters. The molecule has 0 radical (unpaired) electrons. The number of carbonyl (C=O) groups excluding carboxylic acids is 3. The average Bonchev–Trinajstić information content (AvgIpc) is 2.49. The zero-order valence-electron chi connectivity index (χ0n) is 9.00. The summed E-state index contributed by atoms with van der Waals surface area (Å²) in [4.78, 5) is 34.3. The van der Waals surface area contributed by atoms with Crippen molar-refractivity contribution in [2.45, 2.75) is 19.3 Å². The first-order chi connectivity index (χ1) is 8.16. The zero-order valence-corrected chi connectivity index (χ0v) is 9.00. The van der Waals surface area contributed by atoms with Crippen molar-refractivity contribution in [3.05, 3.63) is 23.3 Å². The molecular formula is C12H10N2O3. The number of amides is 2. The molecule has 2 aliphatic heterocycles. The van der Waals surface area contributed by atoms with Crippen LogP contribution in [0, 0.1) is 0 Å². The molecule has 1 aromatic carbocycles. The Morgan fingerprint density at radius 2 is 1.82 bits per heavy atom. The Bertz CT molecular complexity index is 563. The maximum atomic E-state index is 11.5. The minimum atomic E-state index is -0.594. The molecule has 0 unspecified atom stereocenters. The van der Waals surface area contributed by atoms with Crippen LogP contribution in [0.15, 0.2) is 12.1 Å². The van der Waals surface area contributed by atoms with Crippen LogP contribution in [0.5, 0.6) is 0 Å². The number of benzene rings is 1. The number of anilines is 2. The summed E-state index contributed by atoms with van der Waals surface area (Å²) >= 11 is 0.